The minimum absolute atomic E-state index is 0.560. The van der Waals surface area contributed by atoms with E-state index in [1.165, 1.54) is 0 Å². The van der Waals surface area contributed by atoms with Gasteiger partial charge >= 0.3 is 0 Å². The maximum absolute atomic E-state index is 5.78. The highest BCUT2D eigenvalue weighted by atomic mass is 16.5. The number of nitrogens with one attached hydrogen (secondary N) is 1. The van der Waals surface area contributed by atoms with E-state index in [0.29, 0.717) is 26.4 Å². The molecule has 0 aliphatic rings. The van der Waals surface area contributed by atoms with Crippen LogP contribution in [-0.2, 0) is 11.3 Å². The van der Waals surface area contributed by atoms with Gasteiger partial charge in [0, 0.05) is 30.5 Å². The van der Waals surface area contributed by atoms with Crippen LogP contribution in [0, 0.1) is 0 Å². The molecule has 0 saturated heterocycles. The predicted octanol–water partition coefficient (Wildman–Crippen LogP) is 3.72. The number of anilines is 1. The molecule has 2 rings (SSSR count). The van der Waals surface area contributed by atoms with Crippen molar-refractivity contribution in [2.45, 2.75) is 13.5 Å². The topological polar surface area (TPSA) is 39.7 Å². The molecule has 4 nitrogen and oxygen atoms in total. The van der Waals surface area contributed by atoms with Gasteiger partial charge in [0.2, 0.25) is 0 Å². The van der Waals surface area contributed by atoms with Crippen LogP contribution in [0.4, 0.5) is 5.69 Å². The number of methoxy groups -OCH3 is 1. The molecule has 0 atom stereocenters. The van der Waals surface area contributed by atoms with Crippen LogP contribution in [0.3, 0.4) is 0 Å². The van der Waals surface area contributed by atoms with Crippen LogP contribution in [0.1, 0.15) is 12.5 Å². The molecule has 0 aromatic heterocycles. The first kappa shape index (κ1) is 16.2. The minimum atomic E-state index is 0.560. The molecule has 22 heavy (non-hydrogen) atoms. The largest absolute Gasteiger partial charge is 0.497 e. The van der Waals surface area contributed by atoms with Gasteiger partial charge in [-0.1, -0.05) is 24.3 Å². The standard InChI is InChI=1S/C18H23NO3/c1-3-21-11-12-22-18-10-5-4-7-15(18)14-19-16-8-6-9-17(13-16)20-2/h4-10,13,19H,3,11-12,14H2,1-2H3. The molecular formula is C18H23NO3. The molecule has 0 unspecified atom stereocenters. The monoisotopic (exact) mass is 301 g/mol. The summed E-state index contributed by atoms with van der Waals surface area (Å²) < 4.78 is 16.3. The molecule has 1 N–H and O–H groups in total. The predicted molar refractivity (Wildman–Crippen MR) is 88.8 cm³/mol. The number of ether oxygens (including phenoxy) is 3. The summed E-state index contributed by atoms with van der Waals surface area (Å²) in [5.41, 5.74) is 2.13. The maximum atomic E-state index is 5.78. The average molecular weight is 301 g/mol. The van der Waals surface area contributed by atoms with E-state index < -0.39 is 0 Å². The Labute approximate surface area is 132 Å². The summed E-state index contributed by atoms with van der Waals surface area (Å²) in [5.74, 6) is 1.73. The van der Waals surface area contributed by atoms with Crippen LogP contribution >= 0.6 is 0 Å². The molecule has 2 aromatic rings. The summed E-state index contributed by atoms with van der Waals surface area (Å²) >= 11 is 0. The van der Waals surface area contributed by atoms with Gasteiger partial charge < -0.3 is 19.5 Å². The normalized spacial score (nSPS) is 10.3. The zero-order valence-electron chi connectivity index (χ0n) is 13.2. The summed E-state index contributed by atoms with van der Waals surface area (Å²) in [6, 6.07) is 15.9. The fourth-order valence-electron chi connectivity index (χ4n) is 2.08. The van der Waals surface area contributed by atoms with Crippen molar-refractivity contribution in [3.8, 4) is 11.5 Å². The van der Waals surface area contributed by atoms with Crippen molar-refractivity contribution in [2.24, 2.45) is 0 Å². The molecule has 4 heteroatoms. The lowest BCUT2D eigenvalue weighted by Crippen LogP contribution is -2.09. The Morgan fingerprint density at radius 2 is 1.86 bits per heavy atom. The molecule has 2 aromatic carbocycles. The highest BCUT2D eigenvalue weighted by Crippen LogP contribution is 2.21. The third kappa shape index (κ3) is 4.97. The third-order valence-corrected chi connectivity index (χ3v) is 3.21. The number of benzene rings is 2. The van der Waals surface area contributed by atoms with Gasteiger partial charge in [0.15, 0.2) is 0 Å². The SMILES string of the molecule is CCOCCOc1ccccc1CNc1cccc(OC)c1. The molecule has 0 fully saturated rings. The van der Waals surface area contributed by atoms with Crippen molar-refractivity contribution in [1.82, 2.24) is 0 Å². The van der Waals surface area contributed by atoms with Crippen LogP contribution in [0.25, 0.3) is 0 Å². The van der Waals surface area contributed by atoms with Gasteiger partial charge in [0.05, 0.1) is 13.7 Å². The maximum Gasteiger partial charge on any atom is 0.124 e. The smallest absolute Gasteiger partial charge is 0.124 e. The highest BCUT2D eigenvalue weighted by Gasteiger charge is 2.03. The first-order chi connectivity index (χ1) is 10.8. The number of para-hydroxylation sites is 1. The summed E-state index contributed by atoms with van der Waals surface area (Å²) in [6.45, 7) is 4.55. The van der Waals surface area contributed by atoms with Gasteiger partial charge in [0.25, 0.3) is 0 Å². The Morgan fingerprint density at radius 3 is 2.68 bits per heavy atom. The van der Waals surface area contributed by atoms with Crippen molar-refractivity contribution in [2.75, 3.05) is 32.2 Å². The second-order valence-corrected chi connectivity index (χ2v) is 4.74. The number of hydrogen-bond acceptors (Lipinski definition) is 4. The summed E-state index contributed by atoms with van der Waals surface area (Å²) in [5, 5.41) is 3.39. The zero-order chi connectivity index (χ0) is 15.6. The molecular weight excluding hydrogens is 278 g/mol. The van der Waals surface area contributed by atoms with E-state index >= 15 is 0 Å². The van der Waals surface area contributed by atoms with E-state index in [2.05, 4.69) is 11.4 Å². The summed E-state index contributed by atoms with van der Waals surface area (Å²) in [7, 11) is 1.67. The third-order valence-electron chi connectivity index (χ3n) is 3.21. The van der Waals surface area contributed by atoms with Crippen molar-refractivity contribution in [1.29, 1.82) is 0 Å². The fraction of sp³-hybridized carbons (Fsp3) is 0.333. The molecule has 0 radical (unpaired) electrons. The second kappa shape index (κ2) is 8.95. The highest BCUT2D eigenvalue weighted by molar-refractivity contribution is 5.49. The molecule has 0 heterocycles. The molecule has 0 saturated carbocycles. The Hall–Kier alpha value is -2.20. The van der Waals surface area contributed by atoms with Gasteiger partial charge in [-0.25, -0.2) is 0 Å². The van der Waals surface area contributed by atoms with E-state index in [1.807, 2.05) is 49.4 Å². The number of hydrogen-bond donors (Lipinski definition) is 1. The Morgan fingerprint density at radius 1 is 1.00 bits per heavy atom. The van der Waals surface area contributed by atoms with E-state index in [0.717, 1.165) is 22.7 Å². The molecule has 0 aliphatic carbocycles. The van der Waals surface area contributed by atoms with Crippen LogP contribution in [-0.4, -0.2) is 26.9 Å². The Kier molecular flexibility index (Phi) is 6.58. The van der Waals surface area contributed by atoms with Crippen molar-refractivity contribution in [3.05, 3.63) is 54.1 Å². The van der Waals surface area contributed by atoms with Crippen molar-refractivity contribution < 1.29 is 14.2 Å². The summed E-state index contributed by atoms with van der Waals surface area (Å²) in [6.07, 6.45) is 0. The quantitative estimate of drug-likeness (QED) is 0.717. The van der Waals surface area contributed by atoms with Crippen LogP contribution in [0.15, 0.2) is 48.5 Å². The summed E-state index contributed by atoms with van der Waals surface area (Å²) in [4.78, 5) is 0. The van der Waals surface area contributed by atoms with Crippen molar-refractivity contribution in [3.63, 3.8) is 0 Å². The van der Waals surface area contributed by atoms with E-state index in [-0.39, 0.29) is 0 Å². The molecule has 0 aliphatic heterocycles. The second-order valence-electron chi connectivity index (χ2n) is 4.74. The lowest BCUT2D eigenvalue weighted by Gasteiger charge is -2.13. The molecule has 0 amide bonds. The molecule has 118 valence electrons. The van der Waals surface area contributed by atoms with Crippen LogP contribution in [0.5, 0.6) is 11.5 Å². The van der Waals surface area contributed by atoms with Gasteiger partial charge in [-0.15, -0.1) is 0 Å². The van der Waals surface area contributed by atoms with Crippen molar-refractivity contribution >= 4 is 5.69 Å². The number of rotatable bonds is 9. The first-order valence-electron chi connectivity index (χ1n) is 7.50. The lowest BCUT2D eigenvalue weighted by atomic mass is 10.2. The van der Waals surface area contributed by atoms with Gasteiger partial charge in [0.1, 0.15) is 18.1 Å². The zero-order valence-corrected chi connectivity index (χ0v) is 13.2. The molecule has 0 spiro atoms. The first-order valence-corrected chi connectivity index (χ1v) is 7.50. The van der Waals surface area contributed by atoms with Gasteiger partial charge in [-0.05, 0) is 25.1 Å². The fourth-order valence-corrected chi connectivity index (χ4v) is 2.08. The lowest BCUT2D eigenvalue weighted by molar-refractivity contribution is 0.110. The van der Waals surface area contributed by atoms with Gasteiger partial charge in [-0.3, -0.25) is 0 Å². The average Bonchev–Trinajstić information content (AvgIpc) is 2.58. The Balaban J connectivity index is 1.94. The Bertz CT molecular complexity index is 572. The van der Waals surface area contributed by atoms with Crippen LogP contribution < -0.4 is 14.8 Å². The van der Waals surface area contributed by atoms with E-state index in [4.69, 9.17) is 14.2 Å². The van der Waals surface area contributed by atoms with Gasteiger partial charge in [-0.2, -0.15) is 0 Å². The van der Waals surface area contributed by atoms with E-state index in [1.54, 1.807) is 7.11 Å². The minimum Gasteiger partial charge on any atom is -0.497 e. The van der Waals surface area contributed by atoms with Crippen LogP contribution in [0.2, 0.25) is 0 Å². The molecule has 0 bridgehead atoms. The van der Waals surface area contributed by atoms with E-state index in [9.17, 15) is 0 Å².